The zero-order valence-electron chi connectivity index (χ0n) is 9.93. The predicted molar refractivity (Wildman–Crippen MR) is 74.7 cm³/mol. The topological polar surface area (TPSA) is 46.3 Å². The van der Waals surface area contributed by atoms with E-state index in [-0.39, 0.29) is 5.91 Å². The first-order valence-electron chi connectivity index (χ1n) is 5.94. The first kappa shape index (κ1) is 11.3. The van der Waals surface area contributed by atoms with Gasteiger partial charge in [-0.05, 0) is 52.6 Å². The molecule has 1 aromatic carbocycles. The molecule has 0 bridgehead atoms. The van der Waals surface area contributed by atoms with E-state index in [0.29, 0.717) is 13.0 Å². The number of hydrogen-bond acceptors (Lipinski definition) is 3. The Morgan fingerprint density at radius 1 is 1.28 bits per heavy atom. The van der Waals surface area contributed by atoms with Crippen molar-refractivity contribution in [2.24, 2.45) is 0 Å². The lowest BCUT2D eigenvalue weighted by atomic mass is 10.00. The molecular formula is C14H14N2OS. The summed E-state index contributed by atoms with van der Waals surface area (Å²) in [5.41, 5.74) is 9.91. The zero-order valence-corrected chi connectivity index (χ0v) is 10.7. The average Bonchev–Trinajstić information content (AvgIpc) is 2.86. The molecule has 18 heavy (non-hydrogen) atoms. The van der Waals surface area contributed by atoms with Crippen molar-refractivity contribution in [2.75, 3.05) is 10.6 Å². The van der Waals surface area contributed by atoms with Gasteiger partial charge in [0.2, 0.25) is 5.91 Å². The van der Waals surface area contributed by atoms with Crippen LogP contribution >= 0.6 is 11.3 Å². The lowest BCUT2D eigenvalue weighted by Crippen LogP contribution is -2.34. The van der Waals surface area contributed by atoms with Crippen LogP contribution in [0, 0.1) is 0 Å². The molecule has 0 aliphatic carbocycles. The standard InChI is InChI=1S/C14H14N2OS/c15-12-2-3-13-11(7-12)1-4-14(17)16(13)8-10-5-6-18-9-10/h2-3,5-7,9H,1,4,8,15H2. The number of carbonyl (C=O) groups is 1. The fraction of sp³-hybridized carbons (Fsp3) is 0.214. The summed E-state index contributed by atoms with van der Waals surface area (Å²) in [6, 6.07) is 7.85. The van der Waals surface area contributed by atoms with E-state index in [1.807, 2.05) is 28.5 Å². The Labute approximate surface area is 110 Å². The smallest absolute Gasteiger partial charge is 0.227 e. The van der Waals surface area contributed by atoms with Gasteiger partial charge in [-0.1, -0.05) is 0 Å². The van der Waals surface area contributed by atoms with E-state index in [4.69, 9.17) is 5.73 Å². The minimum atomic E-state index is 0.193. The molecule has 1 aliphatic rings. The van der Waals surface area contributed by atoms with Gasteiger partial charge in [-0.15, -0.1) is 0 Å². The van der Waals surface area contributed by atoms with Crippen LogP contribution in [0.15, 0.2) is 35.0 Å². The van der Waals surface area contributed by atoms with Gasteiger partial charge in [0.05, 0.1) is 6.54 Å². The van der Waals surface area contributed by atoms with E-state index in [0.717, 1.165) is 17.8 Å². The van der Waals surface area contributed by atoms with Crippen molar-refractivity contribution < 1.29 is 4.79 Å². The molecule has 1 amide bonds. The summed E-state index contributed by atoms with van der Waals surface area (Å²) in [7, 11) is 0. The van der Waals surface area contributed by atoms with Crippen molar-refractivity contribution in [2.45, 2.75) is 19.4 Å². The number of anilines is 2. The second-order valence-corrected chi connectivity index (χ2v) is 5.28. The molecule has 2 heterocycles. The molecule has 1 aliphatic heterocycles. The highest BCUT2D eigenvalue weighted by molar-refractivity contribution is 7.07. The van der Waals surface area contributed by atoms with Gasteiger partial charge in [-0.2, -0.15) is 11.3 Å². The van der Waals surface area contributed by atoms with Gasteiger partial charge in [0, 0.05) is 17.8 Å². The van der Waals surface area contributed by atoms with Crippen LogP contribution in [0.5, 0.6) is 0 Å². The molecule has 2 aromatic rings. The Balaban J connectivity index is 1.96. The third kappa shape index (κ3) is 1.99. The summed E-state index contributed by atoms with van der Waals surface area (Å²) >= 11 is 1.66. The molecule has 4 heteroatoms. The van der Waals surface area contributed by atoms with E-state index < -0.39 is 0 Å². The second kappa shape index (κ2) is 4.46. The van der Waals surface area contributed by atoms with Crippen LogP contribution in [0.4, 0.5) is 11.4 Å². The van der Waals surface area contributed by atoms with Crippen LogP contribution in [0.1, 0.15) is 17.5 Å². The summed E-state index contributed by atoms with van der Waals surface area (Å²) in [6.45, 7) is 0.652. The first-order valence-corrected chi connectivity index (χ1v) is 6.88. The monoisotopic (exact) mass is 258 g/mol. The molecule has 2 N–H and O–H groups in total. The number of nitrogen functional groups attached to an aromatic ring is 1. The van der Waals surface area contributed by atoms with E-state index in [1.54, 1.807) is 11.3 Å². The van der Waals surface area contributed by atoms with E-state index >= 15 is 0 Å². The number of nitrogens with zero attached hydrogens (tertiary/aromatic N) is 1. The molecule has 0 fully saturated rings. The number of nitrogens with two attached hydrogens (primary N) is 1. The minimum Gasteiger partial charge on any atom is -0.399 e. The van der Waals surface area contributed by atoms with Gasteiger partial charge >= 0.3 is 0 Å². The van der Waals surface area contributed by atoms with Crippen molar-refractivity contribution in [3.05, 3.63) is 46.2 Å². The van der Waals surface area contributed by atoms with Gasteiger partial charge in [0.25, 0.3) is 0 Å². The Kier molecular flexibility index (Phi) is 2.80. The fourth-order valence-electron chi connectivity index (χ4n) is 2.32. The Bertz CT molecular complexity index is 577. The van der Waals surface area contributed by atoms with Crippen LogP contribution in [0.3, 0.4) is 0 Å². The third-order valence-electron chi connectivity index (χ3n) is 3.22. The quantitative estimate of drug-likeness (QED) is 0.842. The maximum Gasteiger partial charge on any atom is 0.227 e. The van der Waals surface area contributed by atoms with E-state index in [1.165, 1.54) is 11.1 Å². The second-order valence-electron chi connectivity index (χ2n) is 4.50. The van der Waals surface area contributed by atoms with Gasteiger partial charge in [-0.25, -0.2) is 0 Å². The Hall–Kier alpha value is -1.81. The molecular weight excluding hydrogens is 244 g/mol. The van der Waals surface area contributed by atoms with Gasteiger partial charge in [-0.3, -0.25) is 4.79 Å². The van der Waals surface area contributed by atoms with Gasteiger partial charge in [0.1, 0.15) is 0 Å². The van der Waals surface area contributed by atoms with Gasteiger partial charge < -0.3 is 10.6 Å². The summed E-state index contributed by atoms with van der Waals surface area (Å²) < 4.78 is 0. The van der Waals surface area contributed by atoms with Crippen LogP contribution in [0.25, 0.3) is 0 Å². The lowest BCUT2D eigenvalue weighted by molar-refractivity contribution is -0.119. The third-order valence-corrected chi connectivity index (χ3v) is 3.96. The predicted octanol–water partition coefficient (Wildman–Crippen LogP) is 2.81. The van der Waals surface area contributed by atoms with E-state index in [2.05, 4.69) is 11.4 Å². The number of hydrogen-bond donors (Lipinski definition) is 1. The van der Waals surface area contributed by atoms with Crippen molar-refractivity contribution in [3.8, 4) is 0 Å². The highest BCUT2D eigenvalue weighted by Gasteiger charge is 2.24. The minimum absolute atomic E-state index is 0.193. The van der Waals surface area contributed by atoms with Crippen molar-refractivity contribution in [1.29, 1.82) is 0 Å². The SMILES string of the molecule is Nc1ccc2c(c1)CCC(=O)N2Cc1ccsc1. The fourth-order valence-corrected chi connectivity index (χ4v) is 2.98. The largest absolute Gasteiger partial charge is 0.399 e. The van der Waals surface area contributed by atoms with Crippen molar-refractivity contribution in [3.63, 3.8) is 0 Å². The highest BCUT2D eigenvalue weighted by atomic mass is 32.1. The molecule has 0 saturated heterocycles. The molecule has 3 nitrogen and oxygen atoms in total. The van der Waals surface area contributed by atoms with Crippen molar-refractivity contribution in [1.82, 2.24) is 0 Å². The molecule has 0 spiro atoms. The van der Waals surface area contributed by atoms with Crippen LogP contribution < -0.4 is 10.6 Å². The van der Waals surface area contributed by atoms with E-state index in [9.17, 15) is 4.79 Å². The lowest BCUT2D eigenvalue weighted by Gasteiger charge is -2.29. The summed E-state index contributed by atoms with van der Waals surface area (Å²) in [6.07, 6.45) is 1.36. The van der Waals surface area contributed by atoms with Crippen LogP contribution in [-0.4, -0.2) is 5.91 Å². The number of carbonyl (C=O) groups excluding carboxylic acids is 1. The number of aryl methyl sites for hydroxylation is 1. The molecule has 1 aromatic heterocycles. The number of rotatable bonds is 2. The molecule has 0 radical (unpaired) electrons. The first-order chi connectivity index (χ1) is 8.74. The van der Waals surface area contributed by atoms with Crippen molar-refractivity contribution >= 4 is 28.6 Å². The molecule has 0 unspecified atom stereocenters. The molecule has 92 valence electrons. The Morgan fingerprint density at radius 2 is 2.17 bits per heavy atom. The maximum absolute atomic E-state index is 12.1. The van der Waals surface area contributed by atoms with Crippen LogP contribution in [0.2, 0.25) is 0 Å². The Morgan fingerprint density at radius 3 is 2.94 bits per heavy atom. The number of amides is 1. The normalized spacial score (nSPS) is 14.7. The van der Waals surface area contributed by atoms with Gasteiger partial charge in [0.15, 0.2) is 0 Å². The summed E-state index contributed by atoms with van der Waals surface area (Å²) in [5.74, 6) is 0.193. The number of thiophene rings is 1. The average molecular weight is 258 g/mol. The summed E-state index contributed by atoms with van der Waals surface area (Å²) in [5, 5.41) is 4.12. The molecule has 0 saturated carbocycles. The maximum atomic E-state index is 12.1. The highest BCUT2D eigenvalue weighted by Crippen LogP contribution is 2.30. The zero-order chi connectivity index (χ0) is 12.5. The van der Waals surface area contributed by atoms with Crippen LogP contribution in [-0.2, 0) is 17.8 Å². The molecule has 3 rings (SSSR count). The summed E-state index contributed by atoms with van der Waals surface area (Å²) in [4.78, 5) is 13.9. The number of benzene rings is 1. The molecule has 0 atom stereocenters. The number of fused-ring (bicyclic) bond motifs is 1.